The topological polar surface area (TPSA) is 256 Å². The van der Waals surface area contributed by atoms with Crippen LogP contribution in [0.15, 0.2) is 83.8 Å². The molecule has 308 valence electrons. The first-order valence-corrected chi connectivity index (χ1v) is 16.2. The summed E-state index contributed by atoms with van der Waals surface area (Å²) in [4.78, 5) is 61.4. The summed E-state index contributed by atoms with van der Waals surface area (Å²) in [5, 5.41) is 30.4. The largest absolute Gasteiger partial charge is 0.490 e. The number of anilines is 2. The molecule has 0 unspecified atom stereocenters. The minimum absolute atomic E-state index is 0.0427. The lowest BCUT2D eigenvalue weighted by molar-refractivity contribution is -0.192. The number of benzene rings is 3. The van der Waals surface area contributed by atoms with E-state index in [0.29, 0.717) is 28.1 Å². The first kappa shape index (κ1) is 48.1. The fourth-order valence-corrected chi connectivity index (χ4v) is 4.49. The van der Waals surface area contributed by atoms with E-state index in [1.54, 1.807) is 42.5 Å². The molecule has 0 aliphatic carbocycles. The molecule has 0 saturated heterocycles. The van der Waals surface area contributed by atoms with Gasteiger partial charge in [-0.2, -0.15) is 26.3 Å². The Morgan fingerprint density at radius 2 is 1.51 bits per heavy atom. The standard InChI is InChI=1S/C32H36N8O3.C2HF3O2.CHF3.CH2O2/c1-19(2)38-30-32(43)40(18-28(41)36-16-21-9-11-23(12-10-21)29(34)35)27(17-37-30)24-13-25(15-26(33)14-24)31(42)39-20(3)22-7-5-4-6-8-22;3-2(4,5)1(6)7;2-1(3)4;2-1-3/h4-15,17,19-20H,16,18,33H2,1-3H3,(H3,34,35)(H,36,41)(H,37,38)(H,39,42);(H,6,7);1H;1H,(H,2,3)/t20-;;;/m1.../s1. The zero-order valence-corrected chi connectivity index (χ0v) is 30.5. The van der Waals surface area contributed by atoms with Crippen molar-refractivity contribution in [2.24, 2.45) is 5.73 Å². The maximum absolute atomic E-state index is 13.5. The maximum atomic E-state index is 13.5. The molecular weight excluding hydrogens is 770 g/mol. The molecule has 0 spiro atoms. The second-order valence-electron chi connectivity index (χ2n) is 11.7. The lowest BCUT2D eigenvalue weighted by Gasteiger charge is -2.18. The van der Waals surface area contributed by atoms with Crippen molar-refractivity contribution in [3.8, 4) is 11.3 Å². The van der Waals surface area contributed by atoms with E-state index in [2.05, 4.69) is 20.9 Å². The Morgan fingerprint density at radius 3 is 2.00 bits per heavy atom. The van der Waals surface area contributed by atoms with Gasteiger partial charge in [-0.3, -0.25) is 29.2 Å². The third-order valence-electron chi connectivity index (χ3n) is 6.94. The quantitative estimate of drug-likeness (QED) is 0.0332. The second kappa shape index (κ2) is 23.1. The van der Waals surface area contributed by atoms with E-state index in [-0.39, 0.29) is 49.2 Å². The van der Waals surface area contributed by atoms with E-state index in [1.807, 2.05) is 51.1 Å². The Hall–Kier alpha value is -6.93. The Balaban J connectivity index is 0.000000997. The van der Waals surface area contributed by atoms with Crippen LogP contribution in [-0.4, -0.2) is 68.8 Å². The molecular formula is C36H40F6N8O7. The number of nitrogens with two attached hydrogens (primary N) is 2. The number of carboxylic acids is 1. The Kier molecular flexibility index (Phi) is 19.5. The summed E-state index contributed by atoms with van der Waals surface area (Å²) >= 11 is 0. The number of aromatic nitrogens is 2. The number of carbonyl (C=O) groups excluding carboxylic acids is 2. The lowest BCUT2D eigenvalue weighted by atomic mass is 10.0. The molecule has 0 aliphatic rings. The number of halogens is 6. The summed E-state index contributed by atoms with van der Waals surface area (Å²) in [5.41, 5.74) is 15.0. The number of amides is 2. The number of nitrogens with zero attached hydrogens (tertiary/aromatic N) is 2. The molecule has 10 N–H and O–H groups in total. The number of nitrogens with one attached hydrogen (secondary N) is 4. The first-order chi connectivity index (χ1) is 26.6. The molecule has 2 amide bonds. The van der Waals surface area contributed by atoms with Gasteiger partial charge in [-0.1, -0.05) is 54.6 Å². The zero-order valence-electron chi connectivity index (χ0n) is 30.5. The number of carbonyl (C=O) groups is 4. The predicted octanol–water partition coefficient (Wildman–Crippen LogP) is 4.92. The van der Waals surface area contributed by atoms with Crippen LogP contribution in [0.25, 0.3) is 11.3 Å². The van der Waals surface area contributed by atoms with Gasteiger partial charge in [-0.25, -0.2) is 9.78 Å². The van der Waals surface area contributed by atoms with Crippen LogP contribution in [0.4, 0.5) is 37.8 Å². The normalized spacial score (nSPS) is 10.9. The molecule has 0 saturated carbocycles. The minimum Gasteiger partial charge on any atom is -0.483 e. The van der Waals surface area contributed by atoms with Gasteiger partial charge in [-0.05, 0) is 50.1 Å². The van der Waals surface area contributed by atoms with Gasteiger partial charge in [0.25, 0.3) is 17.9 Å². The van der Waals surface area contributed by atoms with Gasteiger partial charge in [0.05, 0.1) is 17.9 Å². The van der Waals surface area contributed by atoms with Crippen molar-refractivity contribution in [2.75, 3.05) is 11.1 Å². The molecule has 57 heavy (non-hydrogen) atoms. The van der Waals surface area contributed by atoms with Crippen molar-refractivity contribution in [3.05, 3.63) is 112 Å². The van der Waals surface area contributed by atoms with Crippen LogP contribution in [0.3, 0.4) is 0 Å². The van der Waals surface area contributed by atoms with Gasteiger partial charge >= 0.3 is 18.8 Å². The summed E-state index contributed by atoms with van der Waals surface area (Å²) in [6.07, 6.45) is -3.59. The van der Waals surface area contributed by atoms with Gasteiger partial charge in [-0.15, -0.1) is 0 Å². The first-order valence-electron chi connectivity index (χ1n) is 16.2. The van der Waals surface area contributed by atoms with E-state index in [9.17, 15) is 40.7 Å². The van der Waals surface area contributed by atoms with Crippen molar-refractivity contribution in [1.82, 2.24) is 20.2 Å². The van der Waals surface area contributed by atoms with Crippen LogP contribution in [-0.2, 0) is 27.5 Å². The van der Waals surface area contributed by atoms with Crippen molar-refractivity contribution in [1.29, 1.82) is 5.41 Å². The fourth-order valence-electron chi connectivity index (χ4n) is 4.49. The average molecular weight is 811 g/mol. The summed E-state index contributed by atoms with van der Waals surface area (Å²) in [6, 6.07) is 21.0. The molecule has 0 bridgehead atoms. The molecule has 1 heterocycles. The summed E-state index contributed by atoms with van der Waals surface area (Å²) in [7, 11) is 0. The highest BCUT2D eigenvalue weighted by Gasteiger charge is 2.38. The number of nitrogen functional groups attached to an aromatic ring is 2. The molecule has 0 fully saturated rings. The van der Waals surface area contributed by atoms with Crippen molar-refractivity contribution in [3.63, 3.8) is 0 Å². The third kappa shape index (κ3) is 17.4. The number of amidine groups is 1. The molecule has 0 radical (unpaired) electrons. The Morgan fingerprint density at radius 1 is 0.965 bits per heavy atom. The fraction of sp³-hybridized carbons (Fsp3) is 0.250. The highest BCUT2D eigenvalue weighted by molar-refractivity contribution is 5.97. The Labute approximate surface area is 321 Å². The molecule has 3 aromatic carbocycles. The monoisotopic (exact) mass is 810 g/mol. The highest BCUT2D eigenvalue weighted by Crippen LogP contribution is 2.24. The molecule has 15 nitrogen and oxygen atoms in total. The highest BCUT2D eigenvalue weighted by atomic mass is 19.4. The molecule has 0 aliphatic heterocycles. The molecule has 21 heteroatoms. The van der Waals surface area contributed by atoms with Gasteiger partial charge in [0.2, 0.25) is 5.91 Å². The molecule has 4 aromatic rings. The van der Waals surface area contributed by atoms with Crippen LogP contribution >= 0.6 is 0 Å². The summed E-state index contributed by atoms with van der Waals surface area (Å²) < 4.78 is 62.1. The number of alkyl halides is 6. The molecule has 4 rings (SSSR count). The van der Waals surface area contributed by atoms with E-state index < -0.39 is 30.3 Å². The van der Waals surface area contributed by atoms with E-state index >= 15 is 0 Å². The van der Waals surface area contributed by atoms with Crippen molar-refractivity contribution >= 4 is 41.6 Å². The second-order valence-corrected chi connectivity index (χ2v) is 11.7. The van der Waals surface area contributed by atoms with E-state index in [4.69, 9.17) is 36.7 Å². The van der Waals surface area contributed by atoms with Crippen LogP contribution in [0.2, 0.25) is 0 Å². The van der Waals surface area contributed by atoms with Crippen LogP contribution < -0.4 is 33.0 Å². The smallest absolute Gasteiger partial charge is 0.483 e. The number of hydrogen-bond donors (Lipinski definition) is 8. The van der Waals surface area contributed by atoms with Crippen LogP contribution in [0, 0.1) is 5.41 Å². The minimum atomic E-state index is -5.08. The number of hydrogen-bond acceptors (Lipinski definition) is 9. The average Bonchev–Trinajstić information content (AvgIpc) is 3.12. The predicted molar refractivity (Wildman–Crippen MR) is 198 cm³/mol. The van der Waals surface area contributed by atoms with Crippen LogP contribution in [0.5, 0.6) is 0 Å². The SMILES string of the molecule is CC(C)Nc1ncc(-c2cc(N)cc(C(=O)N[C@H](C)c3ccccc3)c2)n(CC(=O)NCc2ccc(C(=N)N)cc2)c1=O.FC(F)F.O=C(O)C(F)(F)F.O=CO. The van der Waals surface area contributed by atoms with E-state index in [1.165, 1.54) is 10.8 Å². The zero-order chi connectivity index (χ0) is 43.5. The van der Waals surface area contributed by atoms with Crippen molar-refractivity contribution < 1.29 is 55.7 Å². The summed E-state index contributed by atoms with van der Waals surface area (Å²) in [5.74, 6) is -3.44. The number of rotatable bonds is 11. The molecule has 1 atom stereocenters. The van der Waals surface area contributed by atoms with Crippen LogP contribution in [0.1, 0.15) is 53.9 Å². The van der Waals surface area contributed by atoms with Gasteiger partial charge < -0.3 is 37.6 Å². The number of aliphatic carboxylic acids is 1. The molecule has 1 aromatic heterocycles. The maximum Gasteiger partial charge on any atom is 0.490 e. The third-order valence-corrected chi connectivity index (χ3v) is 6.94. The van der Waals surface area contributed by atoms with Gasteiger partial charge in [0.15, 0.2) is 5.82 Å². The van der Waals surface area contributed by atoms with Crippen molar-refractivity contribution in [2.45, 2.75) is 58.8 Å². The lowest BCUT2D eigenvalue weighted by Crippen LogP contribution is -2.35. The summed E-state index contributed by atoms with van der Waals surface area (Å²) in [6.45, 7) is 1.64. The van der Waals surface area contributed by atoms with Gasteiger partial charge in [0.1, 0.15) is 12.4 Å². The van der Waals surface area contributed by atoms with Gasteiger partial charge in [0, 0.05) is 35.0 Å². The Bertz CT molecular complexity index is 2010. The number of carboxylic acid groups (broad SMARTS) is 2. The van der Waals surface area contributed by atoms with E-state index in [0.717, 1.165) is 11.1 Å².